The first-order valence-corrected chi connectivity index (χ1v) is 47.1. The molecule has 0 spiro atoms. The smallest absolute Gasteiger partial charge is 0.312 e. The molecule has 26 fully saturated rings. The van der Waals surface area contributed by atoms with Gasteiger partial charge in [0.05, 0.1) is 79.9 Å². The Hall–Kier alpha value is -5.34. The molecule has 14 heterocycles. The normalized spacial score (nSPS) is 37.8. The van der Waals surface area contributed by atoms with Gasteiger partial charge in [0.2, 0.25) is 0 Å². The molecule has 14 aliphatic heterocycles. The number of rotatable bonds is 0. The van der Waals surface area contributed by atoms with Gasteiger partial charge in [0.15, 0.2) is 0 Å². The lowest BCUT2D eigenvalue weighted by Gasteiger charge is -2.38. The van der Waals surface area contributed by atoms with Crippen molar-refractivity contribution in [2.24, 2.45) is 107 Å². The summed E-state index contributed by atoms with van der Waals surface area (Å²) in [4.78, 5) is 108. The Morgan fingerprint density at radius 2 is 0.807 bits per heavy atom. The van der Waals surface area contributed by atoms with Crippen molar-refractivity contribution in [3.05, 3.63) is 0 Å². The molecular formula is C93H160O21. The number of ether oxygens (including phenoxy) is 11. The minimum absolute atomic E-state index is 0.0324. The summed E-state index contributed by atoms with van der Waals surface area (Å²) in [6.07, 6.45) is 38.8. The third-order valence-corrected chi connectivity index (χ3v) is 25.8. The van der Waals surface area contributed by atoms with Crippen LogP contribution in [-0.4, -0.2) is 135 Å². The van der Waals surface area contributed by atoms with Crippen LogP contribution in [0.15, 0.2) is 0 Å². The van der Waals surface area contributed by atoms with Crippen LogP contribution in [0.3, 0.4) is 0 Å². The van der Waals surface area contributed by atoms with Crippen LogP contribution in [-0.2, 0) is 100 Å². The summed E-state index contributed by atoms with van der Waals surface area (Å²) in [5, 5.41) is 0. The van der Waals surface area contributed by atoms with Crippen LogP contribution in [0, 0.1) is 107 Å². The van der Waals surface area contributed by atoms with Gasteiger partial charge in [-0.1, -0.05) is 158 Å². The topological polar surface area (TPSA) is 272 Å². The van der Waals surface area contributed by atoms with E-state index in [4.69, 9.17) is 42.6 Å². The van der Waals surface area contributed by atoms with E-state index in [2.05, 4.69) is 23.3 Å². The molecule has 114 heavy (non-hydrogen) atoms. The Kier molecular flexibility index (Phi) is 47.8. The van der Waals surface area contributed by atoms with Crippen molar-refractivity contribution in [3.63, 3.8) is 0 Å². The second-order valence-electron chi connectivity index (χ2n) is 32.0. The van der Waals surface area contributed by atoms with Gasteiger partial charge in [-0.15, -0.1) is 0 Å². The van der Waals surface area contributed by atoms with E-state index in [1.807, 2.05) is 125 Å². The molecule has 24 unspecified atom stereocenters. The second-order valence-corrected chi connectivity index (χ2v) is 32.0. The summed E-state index contributed by atoms with van der Waals surface area (Å²) in [6.45, 7) is 43.0. The van der Waals surface area contributed by atoms with E-state index >= 15 is 0 Å². The predicted molar refractivity (Wildman–Crippen MR) is 440 cm³/mol. The average Bonchev–Trinajstić information content (AvgIpc) is 1.77. The Morgan fingerprint density at radius 3 is 1.25 bits per heavy atom. The fraction of sp³-hybridized carbons (Fsp3) is 0.892. The van der Waals surface area contributed by atoms with Crippen molar-refractivity contribution >= 4 is 59.7 Å². The fourth-order valence-corrected chi connectivity index (χ4v) is 21.0. The largest absolute Gasteiger partial charge is 0.466 e. The van der Waals surface area contributed by atoms with Gasteiger partial charge in [-0.05, 0) is 209 Å². The van der Waals surface area contributed by atoms with Crippen molar-refractivity contribution in [2.75, 3.05) is 26.4 Å². The monoisotopic (exact) mass is 1610 g/mol. The minimum Gasteiger partial charge on any atom is -0.466 e. The molecule has 0 N–H and O–H groups in total. The number of cyclic esters (lactones) is 4. The van der Waals surface area contributed by atoms with Crippen molar-refractivity contribution in [1.82, 2.24) is 0 Å². The first-order valence-electron chi connectivity index (χ1n) is 47.1. The molecule has 12 aliphatic carbocycles. The maximum Gasteiger partial charge on any atom is 0.312 e. The van der Waals surface area contributed by atoms with E-state index in [1.54, 1.807) is 0 Å². The molecule has 18 bridgehead atoms. The second kappa shape index (κ2) is 54.0. The Labute approximate surface area is 688 Å². The number of fused-ring (bicyclic) bond motifs is 15. The predicted octanol–water partition coefficient (Wildman–Crippen LogP) is 19.8. The lowest BCUT2D eigenvalue weighted by Crippen LogP contribution is -2.39. The molecule has 0 aromatic rings. The molecule has 12 saturated carbocycles. The molecule has 26 rings (SSSR count). The molecule has 24 atom stereocenters. The summed E-state index contributed by atoms with van der Waals surface area (Å²) in [5.74, 6) is 9.56. The molecule has 26 aliphatic rings. The van der Waals surface area contributed by atoms with Gasteiger partial charge in [-0.2, -0.15) is 0 Å². The summed E-state index contributed by atoms with van der Waals surface area (Å²) < 4.78 is 55.5. The summed E-state index contributed by atoms with van der Waals surface area (Å²) in [7, 11) is 0. The highest BCUT2D eigenvalue weighted by Gasteiger charge is 2.60. The van der Waals surface area contributed by atoms with E-state index in [1.165, 1.54) is 83.5 Å². The first-order chi connectivity index (χ1) is 55.5. The van der Waals surface area contributed by atoms with Gasteiger partial charge in [-0.3, -0.25) is 47.9 Å². The Bertz CT molecular complexity index is 2720. The maximum absolute atomic E-state index is 11.2. The van der Waals surface area contributed by atoms with Crippen LogP contribution in [0.4, 0.5) is 0 Å². The van der Waals surface area contributed by atoms with E-state index in [-0.39, 0.29) is 108 Å². The molecular weight excluding hydrogens is 1450 g/mol. The zero-order valence-corrected chi connectivity index (χ0v) is 74.7. The van der Waals surface area contributed by atoms with E-state index in [9.17, 15) is 47.9 Å². The molecule has 21 heteroatoms. The van der Waals surface area contributed by atoms with Crippen LogP contribution < -0.4 is 0 Å². The van der Waals surface area contributed by atoms with Crippen LogP contribution in [0.5, 0.6) is 0 Å². The molecule has 0 aromatic heterocycles. The zero-order valence-electron chi connectivity index (χ0n) is 74.7. The van der Waals surface area contributed by atoms with E-state index in [0.717, 1.165) is 146 Å². The Balaban J connectivity index is 0.000000261. The number of hydrogen-bond acceptors (Lipinski definition) is 21. The number of hydrogen-bond donors (Lipinski definition) is 0. The molecule has 14 saturated heterocycles. The van der Waals surface area contributed by atoms with E-state index in [0.29, 0.717) is 116 Å². The minimum atomic E-state index is -0.0463. The number of carbonyl (C=O) groups excluding carboxylic acids is 10. The van der Waals surface area contributed by atoms with Gasteiger partial charge < -0.3 is 52.1 Å². The quantitative estimate of drug-likeness (QED) is 0.161. The van der Waals surface area contributed by atoms with Crippen molar-refractivity contribution in [2.45, 2.75) is 399 Å². The van der Waals surface area contributed by atoms with Gasteiger partial charge in [0, 0.05) is 42.9 Å². The maximum atomic E-state index is 11.2. The van der Waals surface area contributed by atoms with Crippen LogP contribution in [0.2, 0.25) is 0 Å². The molecule has 0 amide bonds. The Morgan fingerprint density at radius 1 is 0.272 bits per heavy atom. The van der Waals surface area contributed by atoms with Crippen LogP contribution >= 0.6 is 0 Å². The van der Waals surface area contributed by atoms with Gasteiger partial charge in [0.25, 0.3) is 0 Å². The SMILES string of the molecule is CC.CC.CC.CC.CC.CC.CC.CC.CC.CCC.O=C1CCCCO1.O=C1CCCO1.O=C1OC2CC3CC1C2C3.O=C1OC2CC3CC1C2O3.O=C1OC2CC3CC2CC13.O=C1OC2CC3CCC2C1C3.O=C1OC2CCC1CC2.O=C1OC2CCCC1C2.O=C1OCC2C3CCC(C3)C12.O=C1OCC2CCCCC12. The molecule has 21 nitrogen and oxygen atoms in total. The summed E-state index contributed by atoms with van der Waals surface area (Å²) >= 11 is 0. The van der Waals surface area contributed by atoms with Crippen LogP contribution in [0.25, 0.3) is 0 Å². The number of carbonyl (C=O) groups is 10. The lowest BCUT2D eigenvalue weighted by atomic mass is 9.65. The zero-order chi connectivity index (χ0) is 84.7. The van der Waals surface area contributed by atoms with Crippen molar-refractivity contribution in [3.8, 4) is 0 Å². The molecule has 658 valence electrons. The third kappa shape index (κ3) is 27.3. The fourth-order valence-electron chi connectivity index (χ4n) is 21.0. The summed E-state index contributed by atoms with van der Waals surface area (Å²) in [6, 6.07) is 0. The van der Waals surface area contributed by atoms with Crippen LogP contribution in [0.1, 0.15) is 350 Å². The van der Waals surface area contributed by atoms with Gasteiger partial charge >= 0.3 is 59.7 Å². The highest BCUT2D eigenvalue weighted by Crippen LogP contribution is 2.57. The third-order valence-electron chi connectivity index (χ3n) is 25.8. The number of esters is 10. The van der Waals surface area contributed by atoms with Crippen molar-refractivity contribution in [1.29, 1.82) is 0 Å². The molecule has 0 radical (unpaired) electrons. The summed E-state index contributed by atoms with van der Waals surface area (Å²) in [5.41, 5.74) is 0. The highest BCUT2D eigenvalue weighted by molar-refractivity contribution is 5.79. The lowest BCUT2D eigenvalue weighted by molar-refractivity contribution is -0.170. The van der Waals surface area contributed by atoms with Gasteiger partial charge in [0.1, 0.15) is 42.7 Å². The standard InChI is InChI=1S/2C9H12O2.2C8H10O2.C8H12O2.C7H8O3.2C7H10O2.C5H8O2.C4H6O2.C3H8.9C2H6/c10-9-8-6-2-1-5(3-6)7(8)4-11-9;10-9-7-3-5-1-2-6(7)8(4-5)11-9;9-8-6-2-5-1-4(6)3-7(5)10-8;9-8-6-2-4-1-5(6)7(3-4)10-8;9-8-7-4-2-1-3-6(7)5-10-8;8-7-4-1-3-2-5(10-7)6(4)9-3;8-7-5-1-3-6(9-7)4-2-5;8-7-5-2-1-3-6(4-5)9-7;6-5-3-1-2-4-7-5;5-4-2-1-3-6-4;1-3-2;9*1-2/h2*5-8H,1-4H2;2*4-7H,1-3H2;6-7H,1-5H2;3-6H,1-2H2;2*5-6H,1-4H2;1-4H2;1-3H2;3H2,1-2H3;9*1-2H3. The first kappa shape index (κ1) is 101. The average molecular weight is 1610 g/mol. The highest BCUT2D eigenvalue weighted by atomic mass is 16.6. The molecule has 0 aromatic carbocycles. The van der Waals surface area contributed by atoms with E-state index < -0.39 is 0 Å². The van der Waals surface area contributed by atoms with Crippen molar-refractivity contribution < 1.29 is 100 Å². The van der Waals surface area contributed by atoms with Gasteiger partial charge in [-0.25, -0.2) is 0 Å².